The van der Waals surface area contributed by atoms with E-state index in [9.17, 15) is 15.0 Å². The van der Waals surface area contributed by atoms with Gasteiger partial charge in [0.2, 0.25) is 6.54 Å². The molecule has 0 N–H and O–H groups in total. The molecule has 1 aromatic heterocycles. The van der Waals surface area contributed by atoms with Crippen LogP contribution in [0.15, 0.2) is 35.7 Å². The SMILES string of the molecule is O=Nn1cc(C[N+](=O)[O-])c2ccccc21. The van der Waals surface area contributed by atoms with Gasteiger partial charge < -0.3 is 0 Å². The van der Waals surface area contributed by atoms with Crippen LogP contribution >= 0.6 is 0 Å². The molecular formula is C9H7N3O3. The molecule has 15 heavy (non-hydrogen) atoms. The standard InChI is InChI=1S/C9H7N3O3/c13-10-11-5-7(6-12(14)15)8-3-1-2-4-9(8)11/h1-5H,6H2. The number of aromatic nitrogens is 1. The molecule has 0 aliphatic heterocycles. The average Bonchev–Trinajstić information content (AvgIpc) is 2.56. The van der Waals surface area contributed by atoms with Crippen LogP contribution in [0.5, 0.6) is 0 Å². The van der Waals surface area contributed by atoms with Crippen molar-refractivity contribution in [3.05, 3.63) is 51.0 Å². The number of rotatable bonds is 3. The Morgan fingerprint density at radius 2 is 2.13 bits per heavy atom. The lowest BCUT2D eigenvalue weighted by Gasteiger charge is -1.91. The molecule has 0 fully saturated rings. The molecule has 0 bridgehead atoms. The maximum Gasteiger partial charge on any atom is 0.231 e. The normalized spacial score (nSPS) is 10.4. The number of benzene rings is 1. The fraction of sp³-hybridized carbons (Fsp3) is 0.111. The van der Waals surface area contributed by atoms with Gasteiger partial charge in [-0.25, -0.2) is 4.68 Å². The number of nitrogens with zero attached hydrogens (tertiary/aromatic N) is 3. The summed E-state index contributed by atoms with van der Waals surface area (Å²) in [5, 5.41) is 13.9. The summed E-state index contributed by atoms with van der Waals surface area (Å²) in [7, 11) is 0. The van der Waals surface area contributed by atoms with Gasteiger partial charge in [-0.2, -0.15) is 0 Å². The summed E-state index contributed by atoms with van der Waals surface area (Å²) in [4.78, 5) is 20.4. The maximum absolute atomic E-state index is 10.5. The molecule has 0 saturated heterocycles. The molecular weight excluding hydrogens is 198 g/mol. The molecule has 0 aliphatic carbocycles. The Morgan fingerprint density at radius 1 is 1.40 bits per heavy atom. The third-order valence-electron chi connectivity index (χ3n) is 2.16. The van der Waals surface area contributed by atoms with Gasteiger partial charge in [0.15, 0.2) is 0 Å². The van der Waals surface area contributed by atoms with Gasteiger partial charge in [-0.3, -0.25) is 10.1 Å². The lowest BCUT2D eigenvalue weighted by atomic mass is 10.2. The second-order valence-electron chi connectivity index (χ2n) is 3.09. The van der Waals surface area contributed by atoms with E-state index in [1.165, 1.54) is 6.20 Å². The zero-order valence-corrected chi connectivity index (χ0v) is 7.66. The molecule has 0 saturated carbocycles. The highest BCUT2D eigenvalue weighted by atomic mass is 16.6. The van der Waals surface area contributed by atoms with E-state index in [2.05, 4.69) is 5.29 Å². The van der Waals surface area contributed by atoms with Crippen LogP contribution in [0.1, 0.15) is 5.56 Å². The topological polar surface area (TPSA) is 77.5 Å². The van der Waals surface area contributed by atoms with Crippen molar-refractivity contribution >= 4 is 10.9 Å². The van der Waals surface area contributed by atoms with Crippen LogP contribution in [0.4, 0.5) is 0 Å². The van der Waals surface area contributed by atoms with Crippen LogP contribution in [0.2, 0.25) is 0 Å². The first kappa shape index (κ1) is 9.32. The minimum atomic E-state index is -0.434. The molecule has 0 amide bonds. The summed E-state index contributed by atoms with van der Waals surface area (Å²) in [6.07, 6.45) is 1.39. The van der Waals surface area contributed by atoms with Crippen molar-refractivity contribution in [1.82, 2.24) is 4.68 Å². The molecule has 0 unspecified atom stereocenters. The van der Waals surface area contributed by atoms with E-state index in [0.29, 0.717) is 16.5 Å². The van der Waals surface area contributed by atoms with Crippen LogP contribution in [-0.4, -0.2) is 9.60 Å². The smallest absolute Gasteiger partial charge is 0.231 e. The van der Waals surface area contributed by atoms with Crippen LogP contribution < -0.4 is 0 Å². The largest absolute Gasteiger partial charge is 0.264 e. The van der Waals surface area contributed by atoms with Crippen LogP contribution in [-0.2, 0) is 6.54 Å². The molecule has 6 nitrogen and oxygen atoms in total. The first-order valence-electron chi connectivity index (χ1n) is 4.27. The van der Waals surface area contributed by atoms with Crippen molar-refractivity contribution < 1.29 is 4.92 Å². The van der Waals surface area contributed by atoms with E-state index < -0.39 is 4.92 Å². The van der Waals surface area contributed by atoms with Gasteiger partial charge in [0.05, 0.1) is 16.4 Å². The van der Waals surface area contributed by atoms with Gasteiger partial charge in [-0.1, -0.05) is 18.2 Å². The Balaban J connectivity index is 2.64. The molecule has 0 spiro atoms. The number of nitroso groups, excluding NO2 is 1. The quantitative estimate of drug-likeness (QED) is 0.436. The fourth-order valence-electron chi connectivity index (χ4n) is 1.56. The third kappa shape index (κ3) is 1.56. The molecule has 0 aliphatic rings. The summed E-state index contributed by atoms with van der Waals surface area (Å²) < 4.78 is 1.11. The Morgan fingerprint density at radius 3 is 2.80 bits per heavy atom. The van der Waals surface area contributed by atoms with Crippen molar-refractivity contribution in [2.24, 2.45) is 5.29 Å². The third-order valence-corrected chi connectivity index (χ3v) is 2.16. The molecule has 0 radical (unpaired) electrons. The Bertz CT molecular complexity index is 532. The number of para-hydroxylation sites is 1. The molecule has 1 heterocycles. The first-order valence-corrected chi connectivity index (χ1v) is 4.27. The minimum absolute atomic E-state index is 0.303. The van der Waals surface area contributed by atoms with E-state index in [4.69, 9.17) is 0 Å². The number of hydrogen-bond acceptors (Lipinski definition) is 4. The number of nitro groups is 1. The summed E-state index contributed by atoms with van der Waals surface area (Å²) in [6.45, 7) is -0.303. The van der Waals surface area contributed by atoms with E-state index in [1.54, 1.807) is 24.3 Å². The van der Waals surface area contributed by atoms with Gasteiger partial charge >= 0.3 is 0 Å². The molecule has 76 valence electrons. The van der Waals surface area contributed by atoms with Crippen molar-refractivity contribution in [3.8, 4) is 0 Å². The minimum Gasteiger partial charge on any atom is -0.264 e. The van der Waals surface area contributed by atoms with E-state index in [1.807, 2.05) is 0 Å². The predicted octanol–water partition coefficient (Wildman–Crippen LogP) is 1.95. The highest BCUT2D eigenvalue weighted by molar-refractivity contribution is 5.83. The second kappa shape index (κ2) is 3.49. The highest BCUT2D eigenvalue weighted by Gasteiger charge is 2.12. The van der Waals surface area contributed by atoms with Gasteiger partial charge in [0.25, 0.3) is 0 Å². The van der Waals surface area contributed by atoms with Gasteiger partial charge in [-0.15, -0.1) is 4.91 Å². The van der Waals surface area contributed by atoms with E-state index >= 15 is 0 Å². The highest BCUT2D eigenvalue weighted by Crippen LogP contribution is 2.21. The van der Waals surface area contributed by atoms with Gasteiger partial charge in [0.1, 0.15) is 0 Å². The molecule has 1 aromatic carbocycles. The average molecular weight is 205 g/mol. The van der Waals surface area contributed by atoms with Gasteiger partial charge in [-0.05, 0) is 6.07 Å². The fourth-order valence-corrected chi connectivity index (χ4v) is 1.56. The molecule has 2 rings (SSSR count). The molecule has 6 heteroatoms. The Labute approximate surface area is 84.2 Å². The Kier molecular flexibility index (Phi) is 2.17. The van der Waals surface area contributed by atoms with Crippen molar-refractivity contribution in [2.45, 2.75) is 6.54 Å². The number of fused-ring (bicyclic) bond motifs is 1. The maximum atomic E-state index is 10.5. The van der Waals surface area contributed by atoms with Gasteiger partial charge in [0, 0.05) is 16.5 Å². The monoisotopic (exact) mass is 205 g/mol. The van der Waals surface area contributed by atoms with Crippen molar-refractivity contribution in [2.75, 3.05) is 0 Å². The molecule has 0 atom stereocenters. The summed E-state index contributed by atoms with van der Waals surface area (Å²) in [5.41, 5.74) is 1.08. The van der Waals surface area contributed by atoms with Crippen LogP contribution in [0, 0.1) is 15.0 Å². The number of hydrogen-bond donors (Lipinski definition) is 0. The van der Waals surface area contributed by atoms with Crippen LogP contribution in [0.3, 0.4) is 0 Å². The summed E-state index contributed by atoms with van der Waals surface area (Å²) in [6, 6.07) is 6.94. The lowest BCUT2D eigenvalue weighted by Crippen LogP contribution is -1.96. The Hall–Kier alpha value is -2.24. The van der Waals surface area contributed by atoms with E-state index in [0.717, 1.165) is 4.68 Å². The molecule has 2 aromatic rings. The van der Waals surface area contributed by atoms with Crippen molar-refractivity contribution in [1.29, 1.82) is 0 Å². The predicted molar refractivity (Wildman–Crippen MR) is 53.8 cm³/mol. The van der Waals surface area contributed by atoms with E-state index in [-0.39, 0.29) is 6.54 Å². The zero-order valence-electron chi connectivity index (χ0n) is 7.66. The second-order valence-corrected chi connectivity index (χ2v) is 3.09. The lowest BCUT2D eigenvalue weighted by molar-refractivity contribution is -0.496. The summed E-state index contributed by atoms with van der Waals surface area (Å²) >= 11 is 0. The van der Waals surface area contributed by atoms with Crippen molar-refractivity contribution in [3.63, 3.8) is 0 Å². The van der Waals surface area contributed by atoms with Crippen LogP contribution in [0.25, 0.3) is 10.9 Å². The summed E-state index contributed by atoms with van der Waals surface area (Å²) in [5.74, 6) is 0. The first-order chi connectivity index (χ1) is 7.22. The zero-order chi connectivity index (χ0) is 10.8.